The van der Waals surface area contributed by atoms with Crippen molar-refractivity contribution in [2.24, 2.45) is 0 Å². The van der Waals surface area contributed by atoms with Crippen LogP contribution >= 0.6 is 11.6 Å². The van der Waals surface area contributed by atoms with E-state index in [9.17, 15) is 9.18 Å². The molecule has 0 saturated heterocycles. The molecular formula is C17H19ClFN3O. The van der Waals surface area contributed by atoms with Gasteiger partial charge in [-0.25, -0.2) is 9.37 Å². The summed E-state index contributed by atoms with van der Waals surface area (Å²) < 4.78 is 13.1. The predicted octanol–water partition coefficient (Wildman–Crippen LogP) is 4.73. The second-order valence-electron chi connectivity index (χ2n) is 5.15. The lowest BCUT2D eigenvalue weighted by molar-refractivity contribution is 0.102. The average molecular weight is 336 g/mol. The van der Waals surface area contributed by atoms with Gasteiger partial charge in [0, 0.05) is 24.0 Å². The van der Waals surface area contributed by atoms with Crippen LogP contribution in [-0.4, -0.2) is 17.4 Å². The monoisotopic (exact) mass is 335 g/mol. The number of carbonyl (C=O) groups is 1. The number of hydrogen-bond acceptors (Lipinski definition) is 3. The Labute approximate surface area is 140 Å². The summed E-state index contributed by atoms with van der Waals surface area (Å²) in [5.74, 6) is -0.162. The minimum absolute atomic E-state index is 0.0317. The number of aromatic nitrogens is 1. The molecule has 2 aromatic rings. The zero-order valence-corrected chi connectivity index (χ0v) is 13.7. The fourth-order valence-corrected chi connectivity index (χ4v) is 2.22. The molecule has 0 unspecified atom stereocenters. The van der Waals surface area contributed by atoms with Crippen molar-refractivity contribution >= 4 is 29.0 Å². The molecule has 23 heavy (non-hydrogen) atoms. The summed E-state index contributed by atoms with van der Waals surface area (Å²) in [6.45, 7) is 2.96. The molecule has 1 heterocycles. The smallest absolute Gasteiger partial charge is 0.255 e. The maximum Gasteiger partial charge on any atom is 0.255 e. The van der Waals surface area contributed by atoms with Crippen LogP contribution in [0.4, 0.5) is 15.9 Å². The van der Waals surface area contributed by atoms with E-state index in [1.807, 2.05) is 0 Å². The summed E-state index contributed by atoms with van der Waals surface area (Å²) in [6, 6.07) is 7.36. The summed E-state index contributed by atoms with van der Waals surface area (Å²) in [5.41, 5.74) is 0.911. The molecule has 1 amide bonds. The van der Waals surface area contributed by atoms with Gasteiger partial charge in [-0.3, -0.25) is 4.79 Å². The lowest BCUT2D eigenvalue weighted by Gasteiger charge is -2.08. The molecule has 122 valence electrons. The van der Waals surface area contributed by atoms with Crippen molar-refractivity contribution in [3.05, 3.63) is 52.9 Å². The Hall–Kier alpha value is -2.14. The number of anilines is 2. The highest BCUT2D eigenvalue weighted by molar-refractivity contribution is 6.31. The van der Waals surface area contributed by atoms with Crippen molar-refractivity contribution in [3.8, 4) is 0 Å². The number of carbonyl (C=O) groups excluding carboxylic acids is 1. The first-order valence-electron chi connectivity index (χ1n) is 7.56. The third-order valence-corrected chi connectivity index (χ3v) is 3.58. The highest BCUT2D eigenvalue weighted by atomic mass is 35.5. The predicted molar refractivity (Wildman–Crippen MR) is 91.6 cm³/mol. The Bertz CT molecular complexity index is 679. The molecule has 0 aliphatic heterocycles. The van der Waals surface area contributed by atoms with Gasteiger partial charge in [-0.2, -0.15) is 0 Å². The number of nitrogens with zero attached hydrogens (tertiary/aromatic N) is 1. The van der Waals surface area contributed by atoms with E-state index in [-0.39, 0.29) is 10.9 Å². The van der Waals surface area contributed by atoms with Crippen molar-refractivity contribution in [2.45, 2.75) is 26.2 Å². The van der Waals surface area contributed by atoms with E-state index in [1.54, 1.807) is 18.3 Å². The van der Waals surface area contributed by atoms with Crippen molar-refractivity contribution in [1.29, 1.82) is 0 Å². The van der Waals surface area contributed by atoms with Gasteiger partial charge in [0.2, 0.25) is 0 Å². The highest BCUT2D eigenvalue weighted by Gasteiger charge is 2.09. The molecule has 0 aliphatic rings. The third-order valence-electron chi connectivity index (χ3n) is 3.29. The summed E-state index contributed by atoms with van der Waals surface area (Å²) in [5, 5.41) is 5.85. The maximum absolute atomic E-state index is 13.1. The molecule has 0 fully saturated rings. The molecule has 0 aliphatic carbocycles. The number of nitrogens with one attached hydrogen (secondary N) is 2. The van der Waals surface area contributed by atoms with E-state index in [1.165, 1.54) is 18.2 Å². The first kappa shape index (κ1) is 17.2. The van der Waals surface area contributed by atoms with Gasteiger partial charge in [0.1, 0.15) is 11.6 Å². The number of halogens is 2. The van der Waals surface area contributed by atoms with Crippen LogP contribution in [0, 0.1) is 5.82 Å². The van der Waals surface area contributed by atoms with Crippen LogP contribution in [0.25, 0.3) is 0 Å². The molecule has 0 bridgehead atoms. The quantitative estimate of drug-likeness (QED) is 0.719. The third kappa shape index (κ3) is 5.21. The fourth-order valence-electron chi connectivity index (χ4n) is 2.04. The van der Waals surface area contributed by atoms with Crippen molar-refractivity contribution in [3.63, 3.8) is 0 Å². The van der Waals surface area contributed by atoms with Gasteiger partial charge in [0.25, 0.3) is 5.91 Å². The Morgan fingerprint density at radius 1 is 1.26 bits per heavy atom. The molecule has 6 heteroatoms. The first-order chi connectivity index (χ1) is 11.1. The standard InChI is InChI=1S/C17H19ClFN3O/c1-2-3-4-8-20-16-10-12(7-9-21-16)17(23)22-13-5-6-15(19)14(18)11-13/h5-7,9-11H,2-4,8H2,1H3,(H,20,21)(H,22,23). The number of unbranched alkanes of at least 4 members (excludes halogenated alkanes) is 2. The van der Waals surface area contributed by atoms with Crippen LogP contribution in [0.15, 0.2) is 36.5 Å². The fraction of sp³-hybridized carbons (Fsp3) is 0.294. The van der Waals surface area contributed by atoms with E-state index in [4.69, 9.17) is 11.6 Å². The minimum Gasteiger partial charge on any atom is -0.370 e. The topological polar surface area (TPSA) is 54.0 Å². The normalized spacial score (nSPS) is 10.4. The van der Waals surface area contributed by atoms with E-state index in [0.29, 0.717) is 17.1 Å². The van der Waals surface area contributed by atoms with Gasteiger partial charge in [0.15, 0.2) is 0 Å². The highest BCUT2D eigenvalue weighted by Crippen LogP contribution is 2.20. The number of amides is 1. The molecule has 0 saturated carbocycles. The van der Waals surface area contributed by atoms with Gasteiger partial charge in [-0.05, 0) is 36.8 Å². The lowest BCUT2D eigenvalue weighted by atomic mass is 10.2. The molecule has 0 radical (unpaired) electrons. The van der Waals surface area contributed by atoms with E-state index in [0.717, 1.165) is 25.8 Å². The summed E-state index contributed by atoms with van der Waals surface area (Å²) >= 11 is 5.71. The number of benzene rings is 1. The number of pyridine rings is 1. The van der Waals surface area contributed by atoms with Gasteiger partial charge in [-0.15, -0.1) is 0 Å². The summed E-state index contributed by atoms with van der Waals surface area (Å²) in [4.78, 5) is 16.4. The van der Waals surface area contributed by atoms with Gasteiger partial charge in [-0.1, -0.05) is 31.4 Å². The van der Waals surface area contributed by atoms with Crippen LogP contribution < -0.4 is 10.6 Å². The summed E-state index contributed by atoms with van der Waals surface area (Å²) in [7, 11) is 0. The van der Waals surface area contributed by atoms with E-state index >= 15 is 0 Å². The molecule has 0 spiro atoms. The van der Waals surface area contributed by atoms with Crippen molar-refractivity contribution < 1.29 is 9.18 Å². The Balaban J connectivity index is 2.00. The zero-order valence-electron chi connectivity index (χ0n) is 12.9. The SMILES string of the molecule is CCCCCNc1cc(C(=O)Nc2ccc(F)c(Cl)c2)ccn1. The van der Waals surface area contributed by atoms with E-state index in [2.05, 4.69) is 22.5 Å². The lowest BCUT2D eigenvalue weighted by Crippen LogP contribution is -2.13. The molecule has 0 atom stereocenters. The largest absolute Gasteiger partial charge is 0.370 e. The molecule has 2 N–H and O–H groups in total. The number of rotatable bonds is 7. The summed E-state index contributed by atoms with van der Waals surface area (Å²) in [6.07, 6.45) is 4.94. The van der Waals surface area contributed by atoms with Crippen molar-refractivity contribution in [2.75, 3.05) is 17.2 Å². The average Bonchev–Trinajstić information content (AvgIpc) is 2.55. The van der Waals surface area contributed by atoms with Gasteiger partial charge in [0.05, 0.1) is 5.02 Å². The van der Waals surface area contributed by atoms with Crippen LogP contribution in [0.3, 0.4) is 0 Å². The second-order valence-corrected chi connectivity index (χ2v) is 5.55. The first-order valence-corrected chi connectivity index (χ1v) is 7.94. The molecular weight excluding hydrogens is 317 g/mol. The maximum atomic E-state index is 13.1. The number of hydrogen-bond donors (Lipinski definition) is 2. The molecule has 1 aromatic heterocycles. The van der Waals surface area contributed by atoms with E-state index < -0.39 is 5.82 Å². The Morgan fingerprint density at radius 3 is 2.83 bits per heavy atom. The minimum atomic E-state index is -0.521. The van der Waals surface area contributed by atoms with Crippen LogP contribution in [-0.2, 0) is 0 Å². The zero-order chi connectivity index (χ0) is 16.7. The van der Waals surface area contributed by atoms with Crippen LogP contribution in [0.2, 0.25) is 5.02 Å². The molecule has 1 aromatic carbocycles. The molecule has 4 nitrogen and oxygen atoms in total. The Morgan fingerprint density at radius 2 is 2.09 bits per heavy atom. The van der Waals surface area contributed by atoms with Gasteiger partial charge >= 0.3 is 0 Å². The molecule has 2 rings (SSSR count). The Kier molecular flexibility index (Phi) is 6.35. The van der Waals surface area contributed by atoms with Gasteiger partial charge < -0.3 is 10.6 Å². The van der Waals surface area contributed by atoms with Crippen LogP contribution in [0.5, 0.6) is 0 Å². The van der Waals surface area contributed by atoms with Crippen LogP contribution in [0.1, 0.15) is 36.5 Å². The second kappa shape index (κ2) is 8.48. The van der Waals surface area contributed by atoms with Crippen molar-refractivity contribution in [1.82, 2.24) is 4.98 Å².